The van der Waals surface area contributed by atoms with Crippen LogP contribution in [0.4, 0.5) is 5.69 Å². The SMILES string of the molecule is N#CC(C(N)=S)c1ccc([N+](=O)[O-])cc1Cl. The van der Waals surface area contributed by atoms with Crippen LogP contribution in [0.3, 0.4) is 0 Å². The van der Waals surface area contributed by atoms with Crippen LogP contribution in [0.2, 0.25) is 5.02 Å². The largest absolute Gasteiger partial charge is 0.392 e. The van der Waals surface area contributed by atoms with Gasteiger partial charge in [-0.3, -0.25) is 10.1 Å². The Kier molecular flexibility index (Phi) is 3.77. The molecule has 0 amide bonds. The van der Waals surface area contributed by atoms with Gasteiger partial charge < -0.3 is 5.73 Å². The van der Waals surface area contributed by atoms with Gasteiger partial charge in [0.05, 0.1) is 21.0 Å². The molecule has 0 aliphatic heterocycles. The van der Waals surface area contributed by atoms with Crippen molar-refractivity contribution in [1.82, 2.24) is 0 Å². The van der Waals surface area contributed by atoms with E-state index in [0.717, 1.165) is 0 Å². The summed E-state index contributed by atoms with van der Waals surface area (Å²) in [5.41, 5.74) is 5.59. The van der Waals surface area contributed by atoms with Gasteiger partial charge in [0.15, 0.2) is 0 Å². The van der Waals surface area contributed by atoms with E-state index in [4.69, 9.17) is 34.8 Å². The number of thiocarbonyl (C=S) groups is 1. The maximum absolute atomic E-state index is 10.5. The first-order chi connectivity index (χ1) is 7.47. The third kappa shape index (κ3) is 2.45. The highest BCUT2D eigenvalue weighted by Gasteiger charge is 2.19. The Bertz CT molecular complexity index is 498. The maximum Gasteiger partial charge on any atom is 0.270 e. The van der Waals surface area contributed by atoms with Gasteiger partial charge in [-0.05, 0) is 11.6 Å². The van der Waals surface area contributed by atoms with Crippen LogP contribution < -0.4 is 5.73 Å². The Balaban J connectivity index is 3.23. The van der Waals surface area contributed by atoms with Gasteiger partial charge in [0.2, 0.25) is 0 Å². The second kappa shape index (κ2) is 4.88. The molecule has 1 aromatic carbocycles. The molecular weight excluding hydrogens is 250 g/mol. The summed E-state index contributed by atoms with van der Waals surface area (Å²) in [6.07, 6.45) is 0. The molecule has 0 saturated heterocycles. The summed E-state index contributed by atoms with van der Waals surface area (Å²) in [4.78, 5) is 9.88. The molecule has 0 spiro atoms. The zero-order valence-electron chi connectivity index (χ0n) is 7.88. The average Bonchev–Trinajstić information content (AvgIpc) is 2.20. The molecule has 1 aromatic rings. The first-order valence-electron chi connectivity index (χ1n) is 4.10. The summed E-state index contributed by atoms with van der Waals surface area (Å²) in [5, 5.41) is 19.4. The van der Waals surface area contributed by atoms with Crippen molar-refractivity contribution in [1.29, 1.82) is 5.26 Å². The van der Waals surface area contributed by atoms with Gasteiger partial charge in [0.25, 0.3) is 5.69 Å². The third-order valence-corrected chi connectivity index (χ3v) is 2.48. The number of nitro benzene ring substituents is 1. The average molecular weight is 256 g/mol. The first-order valence-corrected chi connectivity index (χ1v) is 4.88. The fourth-order valence-corrected chi connectivity index (χ4v) is 1.61. The van der Waals surface area contributed by atoms with E-state index in [1.807, 2.05) is 6.07 Å². The number of hydrogen-bond donors (Lipinski definition) is 1. The molecule has 0 heterocycles. The Labute approximate surface area is 102 Å². The Morgan fingerprint density at radius 3 is 2.69 bits per heavy atom. The molecule has 7 heteroatoms. The Hall–Kier alpha value is -1.71. The van der Waals surface area contributed by atoms with E-state index in [9.17, 15) is 10.1 Å². The van der Waals surface area contributed by atoms with Gasteiger partial charge in [-0.15, -0.1) is 0 Å². The van der Waals surface area contributed by atoms with Crippen molar-refractivity contribution in [3.8, 4) is 6.07 Å². The van der Waals surface area contributed by atoms with E-state index in [1.54, 1.807) is 0 Å². The molecule has 0 aliphatic carbocycles. The number of hydrogen-bond acceptors (Lipinski definition) is 4. The summed E-state index contributed by atoms with van der Waals surface area (Å²) in [6, 6.07) is 5.69. The normalized spacial score (nSPS) is 11.5. The van der Waals surface area contributed by atoms with Crippen molar-refractivity contribution < 1.29 is 4.92 Å². The van der Waals surface area contributed by atoms with Crippen molar-refractivity contribution in [2.75, 3.05) is 0 Å². The summed E-state index contributed by atoms with van der Waals surface area (Å²) in [6.45, 7) is 0. The molecule has 5 nitrogen and oxygen atoms in total. The molecule has 0 bridgehead atoms. The number of nitriles is 1. The molecule has 1 rings (SSSR count). The number of nitro groups is 1. The molecule has 0 aliphatic rings. The summed E-state index contributed by atoms with van der Waals surface area (Å²) in [7, 11) is 0. The smallest absolute Gasteiger partial charge is 0.270 e. The van der Waals surface area contributed by atoms with E-state index in [2.05, 4.69) is 0 Å². The fourth-order valence-electron chi connectivity index (χ4n) is 1.15. The molecule has 0 aromatic heterocycles. The first kappa shape index (κ1) is 12.4. The van der Waals surface area contributed by atoms with Crippen LogP contribution in [-0.4, -0.2) is 9.91 Å². The lowest BCUT2D eigenvalue weighted by molar-refractivity contribution is -0.384. The van der Waals surface area contributed by atoms with E-state index in [1.165, 1.54) is 18.2 Å². The van der Waals surface area contributed by atoms with Gasteiger partial charge in [-0.1, -0.05) is 23.8 Å². The van der Waals surface area contributed by atoms with E-state index < -0.39 is 10.8 Å². The molecule has 0 radical (unpaired) electrons. The molecular formula is C9H6ClN3O2S. The summed E-state index contributed by atoms with van der Waals surface area (Å²) < 4.78 is 0. The highest BCUT2D eigenvalue weighted by Crippen LogP contribution is 2.28. The van der Waals surface area contributed by atoms with Crippen LogP contribution in [0.15, 0.2) is 18.2 Å². The number of benzene rings is 1. The minimum Gasteiger partial charge on any atom is -0.392 e. The topological polar surface area (TPSA) is 93.0 Å². The lowest BCUT2D eigenvalue weighted by atomic mass is 10.0. The fraction of sp³-hybridized carbons (Fsp3) is 0.111. The minimum absolute atomic E-state index is 0.0155. The van der Waals surface area contributed by atoms with Gasteiger partial charge in [0.1, 0.15) is 5.92 Å². The monoisotopic (exact) mass is 255 g/mol. The summed E-state index contributed by atoms with van der Waals surface area (Å²) in [5.74, 6) is -0.830. The second-order valence-electron chi connectivity index (χ2n) is 2.93. The number of halogens is 1. The molecule has 2 N–H and O–H groups in total. The predicted octanol–water partition coefficient (Wildman–Crippen LogP) is 2.14. The predicted molar refractivity (Wildman–Crippen MR) is 63.2 cm³/mol. The number of rotatable bonds is 3. The van der Waals surface area contributed by atoms with E-state index >= 15 is 0 Å². The zero-order chi connectivity index (χ0) is 12.3. The van der Waals surface area contributed by atoms with Crippen molar-refractivity contribution in [3.63, 3.8) is 0 Å². The van der Waals surface area contributed by atoms with Gasteiger partial charge in [-0.25, -0.2) is 0 Å². The number of nitrogens with zero attached hydrogens (tertiary/aromatic N) is 2. The van der Waals surface area contributed by atoms with Crippen LogP contribution in [-0.2, 0) is 0 Å². The third-order valence-electron chi connectivity index (χ3n) is 1.92. The lowest BCUT2D eigenvalue weighted by Crippen LogP contribution is -2.18. The van der Waals surface area contributed by atoms with Crippen LogP contribution in [0.1, 0.15) is 11.5 Å². The van der Waals surface area contributed by atoms with Gasteiger partial charge in [-0.2, -0.15) is 5.26 Å². The molecule has 1 atom stereocenters. The Morgan fingerprint density at radius 1 is 1.69 bits per heavy atom. The molecule has 1 unspecified atom stereocenters. The van der Waals surface area contributed by atoms with Crippen molar-refractivity contribution >= 4 is 34.5 Å². The lowest BCUT2D eigenvalue weighted by Gasteiger charge is -2.08. The van der Waals surface area contributed by atoms with Crippen LogP contribution in [0, 0.1) is 21.4 Å². The van der Waals surface area contributed by atoms with E-state index in [-0.39, 0.29) is 15.7 Å². The van der Waals surface area contributed by atoms with Crippen LogP contribution in [0.5, 0.6) is 0 Å². The summed E-state index contributed by atoms with van der Waals surface area (Å²) >= 11 is 10.5. The number of non-ortho nitro benzene ring substituents is 1. The molecule has 0 fully saturated rings. The number of nitrogens with two attached hydrogens (primary N) is 1. The molecule has 0 saturated carbocycles. The highest BCUT2D eigenvalue weighted by atomic mass is 35.5. The highest BCUT2D eigenvalue weighted by molar-refractivity contribution is 7.80. The van der Waals surface area contributed by atoms with E-state index in [0.29, 0.717) is 5.56 Å². The van der Waals surface area contributed by atoms with Crippen molar-refractivity contribution in [3.05, 3.63) is 38.9 Å². The standard InChI is InChI=1S/C9H6ClN3O2S/c10-8-3-5(13(14)15)1-2-6(8)7(4-11)9(12)16/h1-3,7H,(H2,12,16). The van der Waals surface area contributed by atoms with Crippen LogP contribution >= 0.6 is 23.8 Å². The minimum atomic E-state index is -0.830. The van der Waals surface area contributed by atoms with Crippen molar-refractivity contribution in [2.24, 2.45) is 5.73 Å². The van der Waals surface area contributed by atoms with Crippen LogP contribution in [0.25, 0.3) is 0 Å². The molecule has 82 valence electrons. The molecule has 16 heavy (non-hydrogen) atoms. The van der Waals surface area contributed by atoms with Crippen molar-refractivity contribution in [2.45, 2.75) is 5.92 Å². The maximum atomic E-state index is 10.5. The zero-order valence-corrected chi connectivity index (χ0v) is 9.46. The quantitative estimate of drug-likeness (QED) is 0.507. The van der Waals surface area contributed by atoms with Gasteiger partial charge >= 0.3 is 0 Å². The van der Waals surface area contributed by atoms with Gasteiger partial charge in [0, 0.05) is 12.1 Å². The second-order valence-corrected chi connectivity index (χ2v) is 3.81. The Morgan fingerprint density at radius 2 is 2.31 bits per heavy atom.